The highest BCUT2D eigenvalue weighted by Gasteiger charge is 2.32. The SMILES string of the molecule is CCOP(OCC)C(/C=C\C(C)(C)C)C(C)(C)C. The van der Waals surface area contributed by atoms with Gasteiger partial charge in [0.25, 0.3) is 0 Å². The van der Waals surface area contributed by atoms with Crippen LogP contribution >= 0.6 is 8.38 Å². The monoisotopic (exact) mass is 274 g/mol. The van der Waals surface area contributed by atoms with Crippen LogP contribution in [0, 0.1) is 10.8 Å². The Morgan fingerprint density at radius 2 is 1.39 bits per heavy atom. The average Bonchev–Trinajstić information content (AvgIpc) is 2.14. The Balaban J connectivity index is 5.02. The molecule has 0 aliphatic heterocycles. The van der Waals surface area contributed by atoms with Gasteiger partial charge in [0.15, 0.2) is 8.38 Å². The molecular formula is C15H31O2P. The highest BCUT2D eigenvalue weighted by molar-refractivity contribution is 7.48. The topological polar surface area (TPSA) is 18.5 Å². The van der Waals surface area contributed by atoms with Gasteiger partial charge in [-0.15, -0.1) is 0 Å². The molecule has 1 atom stereocenters. The molecule has 0 bridgehead atoms. The predicted octanol–water partition coefficient (Wildman–Crippen LogP) is 5.39. The molecule has 0 aromatic rings. The van der Waals surface area contributed by atoms with Crippen LogP contribution in [-0.2, 0) is 9.05 Å². The van der Waals surface area contributed by atoms with Gasteiger partial charge < -0.3 is 9.05 Å². The van der Waals surface area contributed by atoms with Crippen LogP contribution in [0.25, 0.3) is 0 Å². The van der Waals surface area contributed by atoms with E-state index in [0.29, 0.717) is 18.9 Å². The molecule has 0 heterocycles. The molecule has 108 valence electrons. The largest absolute Gasteiger partial charge is 0.334 e. The Morgan fingerprint density at radius 3 is 1.67 bits per heavy atom. The summed E-state index contributed by atoms with van der Waals surface area (Å²) in [7, 11) is -0.852. The minimum atomic E-state index is -0.852. The van der Waals surface area contributed by atoms with Gasteiger partial charge in [0.1, 0.15) is 0 Å². The normalized spacial score (nSPS) is 15.6. The Labute approximate surface area is 115 Å². The van der Waals surface area contributed by atoms with E-state index in [1.54, 1.807) is 0 Å². The third-order valence-electron chi connectivity index (χ3n) is 2.41. The average molecular weight is 274 g/mol. The van der Waals surface area contributed by atoms with Crippen molar-refractivity contribution in [2.45, 2.75) is 61.0 Å². The molecule has 2 nitrogen and oxygen atoms in total. The molecule has 0 radical (unpaired) electrons. The van der Waals surface area contributed by atoms with E-state index in [-0.39, 0.29) is 10.8 Å². The molecule has 0 aliphatic rings. The number of allylic oxidation sites excluding steroid dienone is 2. The molecular weight excluding hydrogens is 243 g/mol. The fraction of sp³-hybridized carbons (Fsp3) is 0.867. The quantitative estimate of drug-likeness (QED) is 0.477. The lowest BCUT2D eigenvalue weighted by molar-refractivity contribution is 0.248. The first-order valence-corrected chi connectivity index (χ1v) is 8.11. The molecule has 0 aromatic heterocycles. The first-order chi connectivity index (χ1) is 8.11. The summed E-state index contributed by atoms with van der Waals surface area (Å²) in [5.41, 5.74) is 0.674. The van der Waals surface area contributed by atoms with Crippen molar-refractivity contribution in [1.29, 1.82) is 0 Å². The van der Waals surface area contributed by atoms with Gasteiger partial charge in [-0.2, -0.15) is 0 Å². The summed E-state index contributed by atoms with van der Waals surface area (Å²) >= 11 is 0. The van der Waals surface area contributed by atoms with Crippen molar-refractivity contribution < 1.29 is 9.05 Å². The maximum absolute atomic E-state index is 5.83. The van der Waals surface area contributed by atoms with Crippen molar-refractivity contribution in [2.24, 2.45) is 10.8 Å². The smallest absolute Gasteiger partial charge is 0.178 e. The molecule has 0 aliphatic carbocycles. The van der Waals surface area contributed by atoms with E-state index in [2.05, 4.69) is 53.7 Å². The fourth-order valence-corrected chi connectivity index (χ4v) is 3.27. The predicted molar refractivity (Wildman–Crippen MR) is 82.0 cm³/mol. The second-order valence-electron chi connectivity index (χ2n) is 6.66. The summed E-state index contributed by atoms with van der Waals surface area (Å²) < 4.78 is 11.7. The van der Waals surface area contributed by atoms with Crippen molar-refractivity contribution in [3.63, 3.8) is 0 Å². The van der Waals surface area contributed by atoms with Gasteiger partial charge in [0.05, 0.1) is 18.9 Å². The Morgan fingerprint density at radius 1 is 0.944 bits per heavy atom. The van der Waals surface area contributed by atoms with E-state index in [1.807, 2.05) is 13.8 Å². The standard InChI is InChI=1S/C15H31O2P/c1-9-16-18(17-10-2)13(15(6,7)8)11-12-14(3,4)5/h11-13H,9-10H2,1-8H3/b12-11-. The summed E-state index contributed by atoms with van der Waals surface area (Å²) in [5.74, 6) is 0. The van der Waals surface area contributed by atoms with Crippen LogP contribution in [0.2, 0.25) is 0 Å². The maximum Gasteiger partial charge on any atom is 0.178 e. The molecule has 0 rings (SSSR count). The van der Waals surface area contributed by atoms with Crippen LogP contribution < -0.4 is 0 Å². The summed E-state index contributed by atoms with van der Waals surface area (Å²) in [6, 6.07) is 0. The highest BCUT2D eigenvalue weighted by atomic mass is 31.2. The first-order valence-electron chi connectivity index (χ1n) is 6.86. The molecule has 0 saturated carbocycles. The van der Waals surface area contributed by atoms with Gasteiger partial charge in [-0.1, -0.05) is 53.7 Å². The summed E-state index contributed by atoms with van der Waals surface area (Å²) in [5, 5.41) is 0. The van der Waals surface area contributed by atoms with Gasteiger partial charge in [-0.25, -0.2) is 0 Å². The van der Waals surface area contributed by atoms with Crippen LogP contribution in [0.15, 0.2) is 12.2 Å². The van der Waals surface area contributed by atoms with E-state index in [1.165, 1.54) is 0 Å². The van der Waals surface area contributed by atoms with Crippen molar-refractivity contribution >= 4 is 8.38 Å². The molecule has 0 saturated heterocycles. The van der Waals surface area contributed by atoms with Crippen LogP contribution in [0.4, 0.5) is 0 Å². The zero-order chi connectivity index (χ0) is 14.4. The van der Waals surface area contributed by atoms with Crippen LogP contribution in [0.5, 0.6) is 0 Å². The molecule has 0 amide bonds. The van der Waals surface area contributed by atoms with Gasteiger partial charge in [0.2, 0.25) is 0 Å². The number of rotatable bonds is 6. The van der Waals surface area contributed by atoms with Crippen LogP contribution in [0.3, 0.4) is 0 Å². The Hall–Kier alpha value is 0.0900. The summed E-state index contributed by atoms with van der Waals surface area (Å²) in [6.45, 7) is 18.9. The highest BCUT2D eigenvalue weighted by Crippen LogP contribution is 2.51. The van der Waals surface area contributed by atoms with E-state index in [4.69, 9.17) is 9.05 Å². The van der Waals surface area contributed by atoms with Crippen LogP contribution in [-0.4, -0.2) is 18.9 Å². The van der Waals surface area contributed by atoms with E-state index in [0.717, 1.165) is 0 Å². The fourth-order valence-electron chi connectivity index (χ4n) is 1.51. The minimum Gasteiger partial charge on any atom is -0.334 e. The molecule has 0 aromatic carbocycles. The molecule has 18 heavy (non-hydrogen) atoms. The molecule has 0 spiro atoms. The van der Waals surface area contributed by atoms with Gasteiger partial charge in [-0.05, 0) is 24.7 Å². The van der Waals surface area contributed by atoms with Crippen LogP contribution in [0.1, 0.15) is 55.4 Å². The molecule has 3 heteroatoms. The van der Waals surface area contributed by atoms with E-state index >= 15 is 0 Å². The second kappa shape index (κ2) is 7.62. The van der Waals surface area contributed by atoms with Crippen molar-refractivity contribution in [3.05, 3.63) is 12.2 Å². The maximum atomic E-state index is 5.83. The van der Waals surface area contributed by atoms with Gasteiger partial charge in [-0.3, -0.25) is 0 Å². The second-order valence-corrected chi connectivity index (χ2v) is 8.30. The summed E-state index contributed by atoms with van der Waals surface area (Å²) in [4.78, 5) is 0. The third-order valence-corrected chi connectivity index (χ3v) is 4.83. The lowest BCUT2D eigenvalue weighted by atomic mass is 9.88. The Kier molecular flexibility index (Phi) is 7.66. The van der Waals surface area contributed by atoms with E-state index < -0.39 is 8.38 Å². The zero-order valence-corrected chi connectivity index (χ0v) is 14.3. The lowest BCUT2D eigenvalue weighted by Crippen LogP contribution is -2.25. The summed E-state index contributed by atoms with van der Waals surface area (Å²) in [6.07, 6.45) is 4.56. The molecule has 0 fully saturated rings. The minimum absolute atomic E-state index is 0.151. The number of hydrogen-bond donors (Lipinski definition) is 0. The van der Waals surface area contributed by atoms with Crippen molar-refractivity contribution in [1.82, 2.24) is 0 Å². The third kappa shape index (κ3) is 7.51. The number of hydrogen-bond acceptors (Lipinski definition) is 2. The first kappa shape index (κ1) is 18.1. The molecule has 0 N–H and O–H groups in total. The zero-order valence-electron chi connectivity index (χ0n) is 13.4. The van der Waals surface area contributed by atoms with E-state index in [9.17, 15) is 0 Å². The Bertz CT molecular complexity index is 242. The van der Waals surface area contributed by atoms with Gasteiger partial charge >= 0.3 is 0 Å². The van der Waals surface area contributed by atoms with Crippen molar-refractivity contribution in [3.8, 4) is 0 Å². The molecule has 1 unspecified atom stereocenters. The van der Waals surface area contributed by atoms with Crippen molar-refractivity contribution in [2.75, 3.05) is 13.2 Å². The van der Waals surface area contributed by atoms with Gasteiger partial charge in [0, 0.05) is 0 Å². The lowest BCUT2D eigenvalue weighted by Gasteiger charge is -2.34.